The van der Waals surface area contributed by atoms with E-state index in [4.69, 9.17) is 6.42 Å². The lowest BCUT2D eigenvalue weighted by atomic mass is 10.2. The molecule has 0 aromatic heterocycles. The molecule has 1 aromatic rings. The summed E-state index contributed by atoms with van der Waals surface area (Å²) in [6, 6.07) is 4.56. The Labute approximate surface area is 104 Å². The molecule has 0 aliphatic rings. The van der Waals surface area contributed by atoms with Crippen LogP contribution in [0.1, 0.15) is 12.5 Å². The fourth-order valence-corrected chi connectivity index (χ4v) is 3.14. The summed E-state index contributed by atoms with van der Waals surface area (Å²) in [5.74, 6) is 2.32. The highest BCUT2D eigenvalue weighted by Gasteiger charge is 2.18. The number of hydrogen-bond donors (Lipinski definition) is 1. The van der Waals surface area contributed by atoms with Crippen LogP contribution >= 0.6 is 15.9 Å². The Kier molecular flexibility index (Phi) is 4.14. The summed E-state index contributed by atoms with van der Waals surface area (Å²) in [7, 11) is -3.55. The zero-order valence-corrected chi connectivity index (χ0v) is 11.4. The van der Waals surface area contributed by atoms with Crippen molar-refractivity contribution in [2.45, 2.75) is 24.8 Å². The molecule has 1 atom stereocenters. The first kappa shape index (κ1) is 13.2. The number of hydrogen-bond acceptors (Lipinski definition) is 2. The number of sulfonamides is 1. The van der Waals surface area contributed by atoms with Gasteiger partial charge in [-0.3, -0.25) is 0 Å². The summed E-state index contributed by atoms with van der Waals surface area (Å²) in [5, 5.41) is 0. The Morgan fingerprint density at radius 3 is 2.69 bits per heavy atom. The van der Waals surface area contributed by atoms with Crippen LogP contribution in [0, 0.1) is 19.3 Å². The van der Waals surface area contributed by atoms with Crippen LogP contribution in [0.2, 0.25) is 0 Å². The summed E-state index contributed by atoms with van der Waals surface area (Å²) in [5.41, 5.74) is 0.680. The van der Waals surface area contributed by atoms with Crippen LogP contribution in [0.25, 0.3) is 0 Å². The van der Waals surface area contributed by atoms with Crippen LogP contribution in [0.3, 0.4) is 0 Å². The van der Waals surface area contributed by atoms with Gasteiger partial charge in [-0.15, -0.1) is 6.42 Å². The molecular formula is C11H12BrNO2S. The fraction of sp³-hybridized carbons (Fsp3) is 0.273. The number of aryl methyl sites for hydroxylation is 1. The maximum atomic E-state index is 11.9. The first-order valence-corrected chi connectivity index (χ1v) is 6.89. The van der Waals surface area contributed by atoms with E-state index in [2.05, 4.69) is 26.6 Å². The Bertz CT molecular complexity index is 531. The largest absolute Gasteiger partial charge is 0.241 e. The molecule has 0 saturated carbocycles. The number of terminal acetylenes is 1. The molecule has 0 aliphatic heterocycles. The van der Waals surface area contributed by atoms with E-state index in [0.717, 1.165) is 0 Å². The molecule has 0 radical (unpaired) electrons. The molecule has 3 nitrogen and oxygen atoms in total. The first-order valence-electron chi connectivity index (χ1n) is 4.61. The van der Waals surface area contributed by atoms with Gasteiger partial charge in [-0.05, 0) is 31.5 Å². The molecule has 0 aliphatic carbocycles. The second kappa shape index (κ2) is 5.00. The van der Waals surface area contributed by atoms with Crippen molar-refractivity contribution >= 4 is 26.0 Å². The van der Waals surface area contributed by atoms with E-state index in [1.807, 2.05) is 0 Å². The maximum Gasteiger partial charge on any atom is 0.241 e. The van der Waals surface area contributed by atoms with Crippen LogP contribution in [-0.2, 0) is 10.0 Å². The predicted molar refractivity (Wildman–Crippen MR) is 67.5 cm³/mol. The Hall–Kier alpha value is -0.830. The molecule has 0 bridgehead atoms. The minimum atomic E-state index is -3.55. The smallest absolute Gasteiger partial charge is 0.207 e. The van der Waals surface area contributed by atoms with E-state index in [1.165, 1.54) is 0 Å². The molecule has 0 spiro atoms. The van der Waals surface area contributed by atoms with E-state index in [1.54, 1.807) is 32.0 Å². The van der Waals surface area contributed by atoms with Crippen molar-refractivity contribution < 1.29 is 8.42 Å². The van der Waals surface area contributed by atoms with Gasteiger partial charge in [0.15, 0.2) is 0 Å². The van der Waals surface area contributed by atoms with Crippen molar-refractivity contribution in [2.75, 3.05) is 0 Å². The van der Waals surface area contributed by atoms with Gasteiger partial charge in [-0.1, -0.05) is 27.9 Å². The molecule has 0 heterocycles. The molecule has 1 rings (SSSR count). The maximum absolute atomic E-state index is 11.9. The summed E-state index contributed by atoms with van der Waals surface area (Å²) >= 11 is 3.24. The predicted octanol–water partition coefficient (Wildman–Crippen LogP) is 2.06. The van der Waals surface area contributed by atoms with Crippen molar-refractivity contribution in [2.24, 2.45) is 0 Å². The molecule has 0 fully saturated rings. The molecule has 0 amide bonds. The lowest BCUT2D eigenvalue weighted by molar-refractivity contribution is 0.577. The third-order valence-corrected chi connectivity index (χ3v) is 4.20. The normalized spacial score (nSPS) is 13.1. The van der Waals surface area contributed by atoms with E-state index < -0.39 is 16.1 Å². The molecule has 1 N–H and O–H groups in total. The van der Waals surface area contributed by atoms with Crippen LogP contribution in [0.4, 0.5) is 0 Å². The molecule has 1 unspecified atom stereocenters. The number of rotatable bonds is 3. The number of nitrogens with one attached hydrogen (secondary N) is 1. The summed E-state index contributed by atoms with van der Waals surface area (Å²) < 4.78 is 27.0. The fourth-order valence-electron chi connectivity index (χ4n) is 1.19. The average Bonchev–Trinajstić information content (AvgIpc) is 2.20. The zero-order chi connectivity index (χ0) is 12.3. The standard InChI is InChI=1S/C11H12BrNO2S/c1-4-9(3)13-16(14,15)11-7-10(12)6-5-8(11)2/h1,5-7,9,13H,2-3H3. The van der Waals surface area contributed by atoms with Crippen molar-refractivity contribution in [3.05, 3.63) is 28.2 Å². The quantitative estimate of drug-likeness (QED) is 0.869. The Morgan fingerprint density at radius 2 is 2.12 bits per heavy atom. The van der Waals surface area contributed by atoms with Gasteiger partial charge in [-0.25, -0.2) is 8.42 Å². The van der Waals surface area contributed by atoms with Crippen molar-refractivity contribution in [3.8, 4) is 12.3 Å². The van der Waals surface area contributed by atoms with Gasteiger partial charge >= 0.3 is 0 Å². The van der Waals surface area contributed by atoms with Crippen LogP contribution in [0.5, 0.6) is 0 Å². The molecule has 86 valence electrons. The highest BCUT2D eigenvalue weighted by molar-refractivity contribution is 9.10. The topological polar surface area (TPSA) is 46.2 Å². The number of benzene rings is 1. The monoisotopic (exact) mass is 301 g/mol. The van der Waals surface area contributed by atoms with Crippen molar-refractivity contribution in [1.29, 1.82) is 0 Å². The van der Waals surface area contributed by atoms with Crippen LogP contribution < -0.4 is 4.72 Å². The lowest BCUT2D eigenvalue weighted by Gasteiger charge is -2.11. The Morgan fingerprint density at radius 1 is 1.50 bits per heavy atom. The molecule has 5 heteroatoms. The van der Waals surface area contributed by atoms with Gasteiger partial charge in [0.2, 0.25) is 10.0 Å². The van der Waals surface area contributed by atoms with E-state index >= 15 is 0 Å². The van der Waals surface area contributed by atoms with Gasteiger partial charge in [-0.2, -0.15) is 4.72 Å². The van der Waals surface area contributed by atoms with Crippen molar-refractivity contribution in [1.82, 2.24) is 4.72 Å². The lowest BCUT2D eigenvalue weighted by Crippen LogP contribution is -2.31. The summed E-state index contributed by atoms with van der Waals surface area (Å²) in [6.07, 6.45) is 5.14. The molecule has 0 saturated heterocycles. The third kappa shape index (κ3) is 3.08. The zero-order valence-electron chi connectivity index (χ0n) is 8.99. The highest BCUT2D eigenvalue weighted by atomic mass is 79.9. The van der Waals surface area contributed by atoms with Gasteiger partial charge in [0.1, 0.15) is 0 Å². The Balaban J connectivity index is 3.18. The van der Waals surface area contributed by atoms with E-state index in [0.29, 0.717) is 10.0 Å². The SMILES string of the molecule is C#CC(C)NS(=O)(=O)c1cc(Br)ccc1C. The van der Waals surface area contributed by atoms with Gasteiger partial charge in [0.25, 0.3) is 0 Å². The number of halogens is 1. The van der Waals surface area contributed by atoms with Gasteiger partial charge in [0.05, 0.1) is 10.9 Å². The summed E-state index contributed by atoms with van der Waals surface area (Å²) in [4.78, 5) is 0.240. The van der Waals surface area contributed by atoms with Gasteiger partial charge in [0, 0.05) is 4.47 Å². The minimum absolute atomic E-state index is 0.240. The highest BCUT2D eigenvalue weighted by Crippen LogP contribution is 2.20. The van der Waals surface area contributed by atoms with Crippen LogP contribution in [-0.4, -0.2) is 14.5 Å². The molecule has 16 heavy (non-hydrogen) atoms. The minimum Gasteiger partial charge on any atom is -0.207 e. The van der Waals surface area contributed by atoms with E-state index in [-0.39, 0.29) is 4.90 Å². The molecule has 1 aromatic carbocycles. The van der Waals surface area contributed by atoms with Crippen molar-refractivity contribution in [3.63, 3.8) is 0 Å². The van der Waals surface area contributed by atoms with E-state index in [9.17, 15) is 8.42 Å². The third-order valence-electron chi connectivity index (χ3n) is 2.02. The second-order valence-electron chi connectivity index (χ2n) is 3.42. The van der Waals surface area contributed by atoms with Gasteiger partial charge < -0.3 is 0 Å². The van der Waals surface area contributed by atoms with Crippen LogP contribution in [0.15, 0.2) is 27.6 Å². The first-order chi connectivity index (χ1) is 7.36. The summed E-state index contributed by atoms with van der Waals surface area (Å²) in [6.45, 7) is 3.35. The second-order valence-corrected chi connectivity index (χ2v) is 6.02. The molecular weight excluding hydrogens is 290 g/mol. The average molecular weight is 302 g/mol.